The number of rotatable bonds is 8. The van der Waals surface area contributed by atoms with Crippen LogP contribution >= 0.6 is 0 Å². The van der Waals surface area contributed by atoms with Crippen molar-refractivity contribution >= 4 is 77.6 Å². The molecule has 3 heteroatoms. The van der Waals surface area contributed by atoms with E-state index in [0.717, 1.165) is 78.3 Å². The zero-order valence-corrected chi connectivity index (χ0v) is 32.2. The van der Waals surface area contributed by atoms with Crippen molar-refractivity contribution < 1.29 is 4.42 Å². The molecule has 0 atom stereocenters. The first-order chi connectivity index (χ1) is 29.3. The Morgan fingerprint density at radius 3 is 0.847 bits per heavy atom. The van der Waals surface area contributed by atoms with Crippen LogP contribution in [0.15, 0.2) is 235 Å². The van der Waals surface area contributed by atoms with Gasteiger partial charge in [0.2, 0.25) is 0 Å². The van der Waals surface area contributed by atoms with Gasteiger partial charge in [0.25, 0.3) is 0 Å². The molecule has 0 bridgehead atoms. The molecular formula is C56H38N2O. The number of furan rings is 1. The summed E-state index contributed by atoms with van der Waals surface area (Å²) in [6.07, 6.45) is 0. The summed E-state index contributed by atoms with van der Waals surface area (Å²) in [5.74, 6) is 0. The normalized spacial score (nSPS) is 11.4. The van der Waals surface area contributed by atoms with E-state index in [1.165, 1.54) is 21.5 Å². The quantitative estimate of drug-likeness (QED) is 0.154. The molecule has 1 heterocycles. The van der Waals surface area contributed by atoms with Crippen molar-refractivity contribution in [2.45, 2.75) is 0 Å². The second kappa shape index (κ2) is 14.6. The third-order valence-corrected chi connectivity index (χ3v) is 11.4. The average molecular weight is 755 g/mol. The average Bonchev–Trinajstić information content (AvgIpc) is 3.70. The molecule has 10 aromatic carbocycles. The molecule has 0 fully saturated rings. The highest BCUT2D eigenvalue weighted by molar-refractivity contribution is 6.29. The zero-order chi connectivity index (χ0) is 39.1. The molecule has 0 radical (unpaired) electrons. The predicted octanol–water partition coefficient (Wildman–Crippen LogP) is 16.2. The van der Waals surface area contributed by atoms with Gasteiger partial charge in [-0.05, 0) is 129 Å². The van der Waals surface area contributed by atoms with Crippen LogP contribution in [0.3, 0.4) is 0 Å². The molecule has 0 unspecified atom stereocenters. The Morgan fingerprint density at radius 2 is 0.525 bits per heavy atom. The van der Waals surface area contributed by atoms with Crippen molar-refractivity contribution in [2.75, 3.05) is 9.80 Å². The van der Waals surface area contributed by atoms with Crippen LogP contribution in [0.5, 0.6) is 0 Å². The predicted molar refractivity (Wildman–Crippen MR) is 249 cm³/mol. The fourth-order valence-electron chi connectivity index (χ4n) is 8.76. The number of hydrogen-bond acceptors (Lipinski definition) is 3. The summed E-state index contributed by atoms with van der Waals surface area (Å²) >= 11 is 0. The second-order valence-corrected chi connectivity index (χ2v) is 14.9. The van der Waals surface area contributed by atoms with E-state index in [1.807, 2.05) is 0 Å². The van der Waals surface area contributed by atoms with Crippen molar-refractivity contribution in [3.05, 3.63) is 231 Å². The number of anilines is 6. The van der Waals surface area contributed by atoms with Gasteiger partial charge in [-0.25, -0.2) is 0 Å². The maximum absolute atomic E-state index is 6.93. The van der Waals surface area contributed by atoms with Gasteiger partial charge >= 0.3 is 0 Å². The van der Waals surface area contributed by atoms with Gasteiger partial charge in [-0.3, -0.25) is 0 Å². The summed E-state index contributed by atoms with van der Waals surface area (Å²) in [7, 11) is 0. The summed E-state index contributed by atoms with van der Waals surface area (Å²) in [5.41, 5.74) is 13.0. The Hall–Kier alpha value is -7.88. The lowest BCUT2D eigenvalue weighted by Crippen LogP contribution is -2.09. The van der Waals surface area contributed by atoms with Crippen LogP contribution in [0, 0.1) is 0 Å². The van der Waals surface area contributed by atoms with Gasteiger partial charge in [0.1, 0.15) is 11.2 Å². The monoisotopic (exact) mass is 754 g/mol. The first-order valence-electron chi connectivity index (χ1n) is 20.1. The standard InChI is InChI=1S/C56H38N2O/c1-5-17-41(18-6-1)57(42-19-7-2-8-20-42)45-33-29-39(30-34-45)51-37-53-55(49-27-15-13-25-47(49)51)56-50-28-16-14-26-48(50)52(38-54(56)59-53)40-31-35-46(36-32-40)58(43-21-9-3-10-22-43)44-23-11-4-12-24-44/h1-38H. The molecule has 0 saturated carbocycles. The Bertz CT molecular complexity index is 2930. The minimum atomic E-state index is 0.881. The van der Waals surface area contributed by atoms with E-state index in [0.29, 0.717) is 0 Å². The summed E-state index contributed by atoms with van der Waals surface area (Å²) in [4.78, 5) is 4.59. The highest BCUT2D eigenvalue weighted by atomic mass is 16.3. The van der Waals surface area contributed by atoms with Crippen molar-refractivity contribution in [2.24, 2.45) is 0 Å². The van der Waals surface area contributed by atoms with Crippen LogP contribution in [0.25, 0.3) is 65.7 Å². The van der Waals surface area contributed by atoms with E-state index in [1.54, 1.807) is 0 Å². The summed E-state index contributed by atoms with van der Waals surface area (Å²) in [6, 6.07) is 81.9. The summed E-state index contributed by atoms with van der Waals surface area (Å²) in [5, 5.41) is 7.06. The molecule has 278 valence electrons. The van der Waals surface area contributed by atoms with Crippen molar-refractivity contribution in [3.8, 4) is 22.3 Å². The van der Waals surface area contributed by atoms with Gasteiger partial charge in [0.05, 0.1) is 0 Å². The molecule has 0 aliphatic heterocycles. The molecule has 11 rings (SSSR count). The van der Waals surface area contributed by atoms with E-state index in [-0.39, 0.29) is 0 Å². The highest BCUT2D eigenvalue weighted by Gasteiger charge is 2.20. The van der Waals surface area contributed by atoms with Crippen LogP contribution in [-0.2, 0) is 0 Å². The van der Waals surface area contributed by atoms with Crippen molar-refractivity contribution in [3.63, 3.8) is 0 Å². The number of fused-ring (bicyclic) bond motifs is 7. The van der Waals surface area contributed by atoms with Crippen molar-refractivity contribution in [1.29, 1.82) is 0 Å². The topological polar surface area (TPSA) is 19.6 Å². The SMILES string of the molecule is c1ccc(N(c2ccccc2)c2ccc(-c3cc4oc5cc(-c6ccc(N(c7ccccc7)c7ccccc7)cc6)c6ccccc6c5c4c4ccccc34)cc2)cc1. The molecular weight excluding hydrogens is 717 g/mol. The fraction of sp³-hybridized carbons (Fsp3) is 0. The van der Waals surface area contributed by atoms with Gasteiger partial charge in [-0.15, -0.1) is 0 Å². The molecule has 0 spiro atoms. The van der Waals surface area contributed by atoms with E-state index in [9.17, 15) is 0 Å². The third kappa shape index (κ3) is 6.08. The molecule has 0 aliphatic rings. The Labute approximate surface area is 343 Å². The minimum absolute atomic E-state index is 0.881. The maximum Gasteiger partial charge on any atom is 0.136 e. The fourth-order valence-corrected chi connectivity index (χ4v) is 8.76. The lowest BCUT2D eigenvalue weighted by atomic mass is 9.91. The lowest BCUT2D eigenvalue weighted by molar-refractivity contribution is 0.670. The molecule has 3 nitrogen and oxygen atoms in total. The third-order valence-electron chi connectivity index (χ3n) is 11.4. The molecule has 0 aliphatic carbocycles. The van der Waals surface area contributed by atoms with Crippen LogP contribution < -0.4 is 9.80 Å². The number of hydrogen-bond donors (Lipinski definition) is 0. The zero-order valence-electron chi connectivity index (χ0n) is 32.2. The summed E-state index contributed by atoms with van der Waals surface area (Å²) in [6.45, 7) is 0. The molecule has 11 aromatic rings. The van der Waals surface area contributed by atoms with Gasteiger partial charge in [0.15, 0.2) is 0 Å². The number of benzene rings is 10. The maximum atomic E-state index is 6.93. The molecule has 0 amide bonds. The van der Waals surface area contributed by atoms with E-state index in [4.69, 9.17) is 4.42 Å². The largest absolute Gasteiger partial charge is 0.456 e. The van der Waals surface area contributed by atoms with Crippen LogP contribution in [0.2, 0.25) is 0 Å². The van der Waals surface area contributed by atoms with Gasteiger partial charge in [-0.1, -0.05) is 146 Å². The van der Waals surface area contributed by atoms with E-state index < -0.39 is 0 Å². The van der Waals surface area contributed by atoms with Crippen LogP contribution in [0.4, 0.5) is 34.1 Å². The van der Waals surface area contributed by atoms with Gasteiger partial charge in [0, 0.05) is 44.9 Å². The van der Waals surface area contributed by atoms with Crippen LogP contribution in [-0.4, -0.2) is 0 Å². The first-order valence-corrected chi connectivity index (χ1v) is 20.1. The number of para-hydroxylation sites is 4. The smallest absolute Gasteiger partial charge is 0.136 e. The number of nitrogens with zero attached hydrogens (tertiary/aromatic N) is 2. The Balaban J connectivity index is 1.03. The molecule has 0 N–H and O–H groups in total. The van der Waals surface area contributed by atoms with Crippen molar-refractivity contribution in [1.82, 2.24) is 0 Å². The molecule has 59 heavy (non-hydrogen) atoms. The van der Waals surface area contributed by atoms with E-state index in [2.05, 4.69) is 240 Å². The van der Waals surface area contributed by atoms with Crippen LogP contribution in [0.1, 0.15) is 0 Å². The van der Waals surface area contributed by atoms with E-state index >= 15 is 0 Å². The highest BCUT2D eigenvalue weighted by Crippen LogP contribution is 2.46. The Morgan fingerprint density at radius 1 is 0.254 bits per heavy atom. The van der Waals surface area contributed by atoms with Gasteiger partial charge in [-0.2, -0.15) is 0 Å². The minimum Gasteiger partial charge on any atom is -0.456 e. The van der Waals surface area contributed by atoms with Gasteiger partial charge < -0.3 is 14.2 Å². The molecule has 0 saturated heterocycles. The first kappa shape index (κ1) is 34.4. The summed E-state index contributed by atoms with van der Waals surface area (Å²) < 4.78 is 6.93. The second-order valence-electron chi connectivity index (χ2n) is 14.9. The Kier molecular flexibility index (Phi) is 8.49. The molecule has 1 aromatic heterocycles. The lowest BCUT2D eigenvalue weighted by Gasteiger charge is -2.25.